The maximum absolute atomic E-state index is 6.15. The molecule has 5 rings (SSSR count). The van der Waals surface area contributed by atoms with Crippen LogP contribution in [0.5, 0.6) is 0 Å². The average Bonchev–Trinajstić information content (AvgIpc) is 2.80. The van der Waals surface area contributed by atoms with Gasteiger partial charge in [-0.15, -0.1) is 11.6 Å². The predicted octanol–water partition coefficient (Wildman–Crippen LogP) is 3.70. The molecule has 3 nitrogen and oxygen atoms in total. The van der Waals surface area contributed by atoms with Crippen molar-refractivity contribution < 1.29 is 0 Å². The molecule has 0 radical (unpaired) electrons. The molecule has 0 aliphatic heterocycles. The minimum atomic E-state index is 0.487. The summed E-state index contributed by atoms with van der Waals surface area (Å²) in [5.74, 6) is 5.19. The van der Waals surface area contributed by atoms with E-state index in [0.29, 0.717) is 11.9 Å². The average molecular weight is 288 g/mol. The third-order valence-corrected chi connectivity index (χ3v) is 6.09. The number of hydrogen-bond donors (Lipinski definition) is 0. The normalized spacial score (nSPS) is 37.6. The first kappa shape index (κ1) is 11.6. The summed E-state index contributed by atoms with van der Waals surface area (Å²) in [4.78, 5) is 9.37. The zero-order valence-corrected chi connectivity index (χ0v) is 12.3. The Kier molecular flexibility index (Phi) is 2.17. The second-order valence-electron chi connectivity index (χ2n) is 6.87. The molecule has 2 aromatic rings. The van der Waals surface area contributed by atoms with Gasteiger partial charge in [0.2, 0.25) is 0 Å². The van der Waals surface area contributed by atoms with E-state index >= 15 is 0 Å². The highest BCUT2D eigenvalue weighted by Gasteiger charge is 2.66. The first-order chi connectivity index (χ1) is 9.78. The quantitative estimate of drug-likeness (QED) is 0.789. The number of pyridine rings is 1. The van der Waals surface area contributed by atoms with Gasteiger partial charge in [-0.05, 0) is 61.5 Å². The fourth-order valence-electron chi connectivity index (χ4n) is 5.16. The Hall–Kier alpha value is -1.09. The highest BCUT2D eigenvalue weighted by Crippen LogP contribution is 2.71. The number of alkyl halides is 1. The molecule has 104 valence electrons. The van der Waals surface area contributed by atoms with Gasteiger partial charge in [-0.2, -0.15) is 0 Å². The highest BCUT2D eigenvalue weighted by molar-refractivity contribution is 6.16. The Bertz CT molecular complexity index is 691. The van der Waals surface area contributed by atoms with Crippen LogP contribution in [0.2, 0.25) is 0 Å². The standard InChI is InChI=1S/C16H18ClN3/c1-8-4-11-16(18-7-8)20(12(6-17)19-11)15-13-9-2-3-10(5-9)14(13)15/h4,7,9-10,13-15H,2-3,5-6H2,1H3. The number of nitrogens with zero attached hydrogens (tertiary/aromatic N) is 3. The Morgan fingerprint density at radius 1 is 1.30 bits per heavy atom. The zero-order valence-electron chi connectivity index (χ0n) is 11.6. The lowest BCUT2D eigenvalue weighted by molar-refractivity contribution is 0.453. The molecule has 3 aliphatic carbocycles. The summed E-state index contributed by atoms with van der Waals surface area (Å²) in [6, 6.07) is 2.76. The lowest BCUT2D eigenvalue weighted by Gasteiger charge is -2.12. The second-order valence-corrected chi connectivity index (χ2v) is 7.13. The molecule has 2 heterocycles. The number of rotatable bonds is 2. The molecule has 0 saturated heterocycles. The van der Waals surface area contributed by atoms with Gasteiger partial charge in [0.05, 0.1) is 5.88 Å². The van der Waals surface area contributed by atoms with Crippen molar-refractivity contribution in [2.75, 3.05) is 0 Å². The number of aryl methyl sites for hydroxylation is 1. The van der Waals surface area contributed by atoms with Crippen molar-refractivity contribution >= 4 is 22.8 Å². The van der Waals surface area contributed by atoms with Crippen molar-refractivity contribution in [3.05, 3.63) is 23.7 Å². The topological polar surface area (TPSA) is 30.7 Å². The van der Waals surface area contributed by atoms with Crippen molar-refractivity contribution in [2.45, 2.75) is 38.1 Å². The SMILES string of the molecule is Cc1cnc2c(c1)nc(CCl)n2C1C2C3CCC(C3)C21. The summed E-state index contributed by atoms with van der Waals surface area (Å²) < 4.78 is 2.38. The lowest BCUT2D eigenvalue weighted by atomic mass is 10.0. The third-order valence-electron chi connectivity index (χ3n) is 5.85. The van der Waals surface area contributed by atoms with E-state index in [1.807, 2.05) is 6.20 Å². The van der Waals surface area contributed by atoms with Crippen LogP contribution >= 0.6 is 11.6 Å². The number of halogens is 1. The summed E-state index contributed by atoms with van der Waals surface area (Å²) in [5.41, 5.74) is 3.22. The Labute approximate surface area is 123 Å². The van der Waals surface area contributed by atoms with Gasteiger partial charge in [0.1, 0.15) is 11.3 Å². The van der Waals surface area contributed by atoms with Crippen LogP contribution in [0.3, 0.4) is 0 Å². The summed E-state index contributed by atoms with van der Waals surface area (Å²) in [5, 5.41) is 0. The fraction of sp³-hybridized carbons (Fsp3) is 0.625. The predicted molar refractivity (Wildman–Crippen MR) is 78.7 cm³/mol. The molecule has 2 bridgehead atoms. The summed E-state index contributed by atoms with van der Waals surface area (Å²) in [7, 11) is 0. The zero-order chi connectivity index (χ0) is 13.4. The fourth-order valence-corrected chi connectivity index (χ4v) is 5.35. The number of fused-ring (bicyclic) bond motifs is 6. The van der Waals surface area contributed by atoms with E-state index in [0.717, 1.165) is 40.7 Å². The Morgan fingerprint density at radius 2 is 2.05 bits per heavy atom. The summed E-state index contributed by atoms with van der Waals surface area (Å²) in [6.07, 6.45) is 6.31. The minimum absolute atomic E-state index is 0.487. The molecule has 0 amide bonds. The molecule has 3 saturated carbocycles. The van der Waals surface area contributed by atoms with Gasteiger partial charge in [0, 0.05) is 12.2 Å². The molecule has 3 fully saturated rings. The third kappa shape index (κ3) is 1.32. The Balaban J connectivity index is 1.65. The molecule has 4 heteroatoms. The van der Waals surface area contributed by atoms with E-state index < -0.39 is 0 Å². The molecular weight excluding hydrogens is 270 g/mol. The minimum Gasteiger partial charge on any atom is -0.308 e. The smallest absolute Gasteiger partial charge is 0.160 e. The number of aromatic nitrogens is 3. The van der Waals surface area contributed by atoms with Gasteiger partial charge in [0.15, 0.2) is 5.65 Å². The van der Waals surface area contributed by atoms with Gasteiger partial charge >= 0.3 is 0 Å². The second kappa shape index (κ2) is 3.76. The van der Waals surface area contributed by atoms with E-state index in [-0.39, 0.29) is 0 Å². The first-order valence-electron chi connectivity index (χ1n) is 7.67. The molecule has 4 atom stereocenters. The molecule has 3 aliphatic rings. The molecule has 2 aromatic heterocycles. The van der Waals surface area contributed by atoms with Crippen molar-refractivity contribution in [3.8, 4) is 0 Å². The van der Waals surface area contributed by atoms with Gasteiger partial charge < -0.3 is 4.57 Å². The van der Waals surface area contributed by atoms with E-state index in [1.54, 1.807) is 0 Å². The number of hydrogen-bond acceptors (Lipinski definition) is 2. The van der Waals surface area contributed by atoms with Gasteiger partial charge in [-0.3, -0.25) is 0 Å². The highest BCUT2D eigenvalue weighted by atomic mass is 35.5. The van der Waals surface area contributed by atoms with E-state index in [4.69, 9.17) is 16.6 Å². The van der Waals surface area contributed by atoms with Gasteiger partial charge in [-0.1, -0.05) is 0 Å². The van der Waals surface area contributed by atoms with Gasteiger partial charge in [-0.25, -0.2) is 9.97 Å². The van der Waals surface area contributed by atoms with E-state index in [1.165, 1.54) is 24.8 Å². The maximum atomic E-state index is 6.15. The van der Waals surface area contributed by atoms with Crippen molar-refractivity contribution in [3.63, 3.8) is 0 Å². The van der Waals surface area contributed by atoms with Crippen LogP contribution in [0.15, 0.2) is 12.3 Å². The molecule has 0 N–H and O–H groups in total. The van der Waals surface area contributed by atoms with E-state index in [9.17, 15) is 0 Å². The van der Waals surface area contributed by atoms with Crippen LogP contribution in [0, 0.1) is 30.6 Å². The van der Waals surface area contributed by atoms with E-state index in [2.05, 4.69) is 22.5 Å². The number of imidazole rings is 1. The van der Waals surface area contributed by atoms with Gasteiger partial charge in [0.25, 0.3) is 0 Å². The largest absolute Gasteiger partial charge is 0.308 e. The monoisotopic (exact) mass is 287 g/mol. The van der Waals surface area contributed by atoms with Crippen molar-refractivity contribution in [1.82, 2.24) is 14.5 Å². The summed E-state index contributed by atoms with van der Waals surface area (Å²) >= 11 is 6.15. The lowest BCUT2D eigenvalue weighted by Crippen LogP contribution is -2.08. The molecule has 0 aromatic carbocycles. The van der Waals surface area contributed by atoms with Crippen LogP contribution in [0.1, 0.15) is 36.7 Å². The molecular formula is C16H18ClN3. The van der Waals surface area contributed by atoms with Crippen molar-refractivity contribution in [2.24, 2.45) is 23.7 Å². The van der Waals surface area contributed by atoms with Crippen LogP contribution in [-0.4, -0.2) is 14.5 Å². The molecule has 0 spiro atoms. The molecule has 20 heavy (non-hydrogen) atoms. The molecule has 4 unspecified atom stereocenters. The van der Waals surface area contributed by atoms with Crippen LogP contribution in [0.25, 0.3) is 11.2 Å². The van der Waals surface area contributed by atoms with Crippen LogP contribution < -0.4 is 0 Å². The van der Waals surface area contributed by atoms with Crippen LogP contribution in [-0.2, 0) is 5.88 Å². The first-order valence-corrected chi connectivity index (χ1v) is 8.21. The van der Waals surface area contributed by atoms with Crippen LogP contribution in [0.4, 0.5) is 0 Å². The Morgan fingerprint density at radius 3 is 2.75 bits per heavy atom. The summed E-state index contributed by atoms with van der Waals surface area (Å²) in [6.45, 7) is 2.07. The maximum Gasteiger partial charge on any atom is 0.160 e. The van der Waals surface area contributed by atoms with Crippen molar-refractivity contribution in [1.29, 1.82) is 0 Å².